The standard InChI is InChI=1S/C22H25N3O2/c26-21(17-9-5-2-6-10-17)24-20(16-7-3-1-4-8-16)22(27)25-14-13-18-11-12-19(15-25)23-18/h1-10,18-20,23H,11-15H2,(H,24,26). The van der Waals surface area contributed by atoms with Crippen molar-refractivity contribution < 1.29 is 9.59 Å². The maximum atomic E-state index is 13.4. The first-order chi connectivity index (χ1) is 13.2. The van der Waals surface area contributed by atoms with E-state index in [2.05, 4.69) is 10.6 Å². The number of likely N-dealkylation sites (tertiary alicyclic amines) is 1. The van der Waals surface area contributed by atoms with Gasteiger partial charge in [0.05, 0.1) is 0 Å². The third-order valence-corrected chi connectivity index (χ3v) is 5.53. The van der Waals surface area contributed by atoms with Crippen molar-refractivity contribution in [3.8, 4) is 0 Å². The lowest BCUT2D eigenvalue weighted by atomic mass is 10.0. The summed E-state index contributed by atoms with van der Waals surface area (Å²) >= 11 is 0. The van der Waals surface area contributed by atoms with Gasteiger partial charge < -0.3 is 15.5 Å². The van der Waals surface area contributed by atoms with Crippen molar-refractivity contribution in [3.05, 3.63) is 71.8 Å². The highest BCUT2D eigenvalue weighted by Gasteiger charge is 2.34. The number of rotatable bonds is 4. The van der Waals surface area contributed by atoms with Gasteiger partial charge in [0.25, 0.3) is 5.91 Å². The van der Waals surface area contributed by atoms with Crippen LogP contribution < -0.4 is 10.6 Å². The molecule has 2 aromatic carbocycles. The van der Waals surface area contributed by atoms with Crippen LogP contribution in [0.2, 0.25) is 0 Å². The van der Waals surface area contributed by atoms with E-state index in [1.807, 2.05) is 53.4 Å². The van der Waals surface area contributed by atoms with Crippen molar-refractivity contribution in [3.63, 3.8) is 0 Å². The predicted octanol–water partition coefficient (Wildman–Crippen LogP) is 2.51. The molecule has 2 aromatic rings. The molecule has 0 radical (unpaired) electrons. The van der Waals surface area contributed by atoms with Crippen molar-refractivity contribution in [1.29, 1.82) is 0 Å². The van der Waals surface area contributed by atoms with Gasteiger partial charge in [-0.05, 0) is 37.0 Å². The van der Waals surface area contributed by atoms with Crippen LogP contribution in [0.1, 0.15) is 41.2 Å². The number of hydrogen-bond acceptors (Lipinski definition) is 3. The minimum absolute atomic E-state index is 0.0279. The Hall–Kier alpha value is -2.66. The van der Waals surface area contributed by atoms with E-state index in [1.54, 1.807) is 12.1 Å². The van der Waals surface area contributed by atoms with Gasteiger partial charge in [-0.2, -0.15) is 0 Å². The van der Waals surface area contributed by atoms with E-state index in [9.17, 15) is 9.59 Å². The van der Waals surface area contributed by atoms with Crippen molar-refractivity contribution in [2.24, 2.45) is 0 Å². The van der Waals surface area contributed by atoms with Crippen LogP contribution in [0.3, 0.4) is 0 Å². The molecule has 2 aliphatic heterocycles. The number of fused-ring (bicyclic) bond motifs is 2. The van der Waals surface area contributed by atoms with Crippen molar-refractivity contribution in [2.45, 2.75) is 37.4 Å². The van der Waals surface area contributed by atoms with Crippen LogP contribution in [0.4, 0.5) is 0 Å². The Balaban J connectivity index is 1.56. The zero-order chi connectivity index (χ0) is 18.6. The van der Waals surface area contributed by atoms with Gasteiger partial charge in [0.1, 0.15) is 6.04 Å². The molecule has 0 aromatic heterocycles. The van der Waals surface area contributed by atoms with E-state index < -0.39 is 6.04 Å². The molecule has 27 heavy (non-hydrogen) atoms. The Kier molecular flexibility index (Phi) is 5.21. The number of benzene rings is 2. The molecule has 2 amide bonds. The van der Waals surface area contributed by atoms with E-state index in [-0.39, 0.29) is 11.8 Å². The highest BCUT2D eigenvalue weighted by molar-refractivity contribution is 5.97. The molecule has 0 spiro atoms. The highest BCUT2D eigenvalue weighted by atomic mass is 16.2. The number of carbonyl (C=O) groups is 2. The fourth-order valence-corrected chi connectivity index (χ4v) is 4.06. The third-order valence-electron chi connectivity index (χ3n) is 5.53. The molecule has 140 valence electrons. The summed E-state index contributed by atoms with van der Waals surface area (Å²) in [7, 11) is 0. The highest BCUT2D eigenvalue weighted by Crippen LogP contribution is 2.24. The predicted molar refractivity (Wildman–Crippen MR) is 104 cm³/mol. The van der Waals surface area contributed by atoms with Gasteiger partial charge in [-0.1, -0.05) is 48.5 Å². The average molecular weight is 363 g/mol. The molecule has 2 fully saturated rings. The first kappa shape index (κ1) is 17.7. The smallest absolute Gasteiger partial charge is 0.252 e. The van der Waals surface area contributed by atoms with Gasteiger partial charge >= 0.3 is 0 Å². The summed E-state index contributed by atoms with van der Waals surface area (Å²) in [5, 5.41) is 6.56. The molecular formula is C22H25N3O2. The lowest BCUT2D eigenvalue weighted by Crippen LogP contribution is -2.46. The largest absolute Gasteiger partial charge is 0.339 e. The number of amides is 2. The van der Waals surface area contributed by atoms with E-state index in [1.165, 1.54) is 6.42 Å². The number of nitrogens with zero attached hydrogens (tertiary/aromatic N) is 1. The molecule has 2 bridgehead atoms. The summed E-state index contributed by atoms with van der Waals surface area (Å²) in [6, 6.07) is 18.8. The van der Waals surface area contributed by atoms with Gasteiger partial charge in [-0.15, -0.1) is 0 Å². The van der Waals surface area contributed by atoms with Crippen LogP contribution in [-0.4, -0.2) is 41.9 Å². The Bertz CT molecular complexity index is 794. The molecule has 5 heteroatoms. The van der Waals surface area contributed by atoms with Crippen LogP contribution in [0.25, 0.3) is 0 Å². The van der Waals surface area contributed by atoms with E-state index >= 15 is 0 Å². The topological polar surface area (TPSA) is 61.4 Å². The molecule has 3 atom stereocenters. The molecule has 0 aliphatic carbocycles. The van der Waals surface area contributed by atoms with Crippen LogP contribution in [0.5, 0.6) is 0 Å². The molecule has 2 N–H and O–H groups in total. The van der Waals surface area contributed by atoms with Gasteiger partial charge in [0.2, 0.25) is 5.91 Å². The quantitative estimate of drug-likeness (QED) is 0.877. The number of carbonyl (C=O) groups excluding carboxylic acids is 2. The first-order valence-electron chi connectivity index (χ1n) is 9.66. The third kappa shape index (κ3) is 4.03. The molecule has 4 rings (SSSR count). The number of hydrogen-bond donors (Lipinski definition) is 2. The fraction of sp³-hybridized carbons (Fsp3) is 0.364. The molecule has 3 unspecified atom stereocenters. The SMILES string of the molecule is O=C(NC(C(=O)N1CCC2CCC(C1)N2)c1ccccc1)c1ccccc1. The lowest BCUT2D eigenvalue weighted by Gasteiger charge is -2.29. The summed E-state index contributed by atoms with van der Waals surface area (Å²) < 4.78 is 0. The summed E-state index contributed by atoms with van der Waals surface area (Å²) in [6.45, 7) is 1.44. The molecule has 5 nitrogen and oxygen atoms in total. The van der Waals surface area contributed by atoms with Gasteiger partial charge in [0, 0.05) is 30.7 Å². The minimum Gasteiger partial charge on any atom is -0.339 e. The second-order valence-electron chi connectivity index (χ2n) is 7.39. The van der Waals surface area contributed by atoms with E-state index in [4.69, 9.17) is 0 Å². The maximum absolute atomic E-state index is 13.4. The normalized spacial score (nSPS) is 22.7. The molecule has 2 saturated heterocycles. The lowest BCUT2D eigenvalue weighted by molar-refractivity contribution is -0.133. The van der Waals surface area contributed by atoms with E-state index in [0.29, 0.717) is 24.2 Å². The fourth-order valence-electron chi connectivity index (χ4n) is 4.06. The zero-order valence-electron chi connectivity index (χ0n) is 15.3. The first-order valence-corrected chi connectivity index (χ1v) is 9.66. The van der Waals surface area contributed by atoms with E-state index in [0.717, 1.165) is 24.9 Å². The summed E-state index contributed by atoms with van der Waals surface area (Å²) in [5.74, 6) is -0.257. The average Bonchev–Trinajstić information content (AvgIpc) is 3.05. The molecule has 2 aliphatic rings. The van der Waals surface area contributed by atoms with Gasteiger partial charge in [-0.25, -0.2) is 0 Å². The second kappa shape index (κ2) is 7.92. The Morgan fingerprint density at radius 2 is 1.59 bits per heavy atom. The summed E-state index contributed by atoms with van der Waals surface area (Å²) in [6.07, 6.45) is 3.27. The Labute approximate surface area is 159 Å². The Morgan fingerprint density at radius 1 is 0.926 bits per heavy atom. The number of nitrogens with one attached hydrogen (secondary N) is 2. The van der Waals surface area contributed by atoms with Gasteiger partial charge in [-0.3, -0.25) is 9.59 Å². The summed E-state index contributed by atoms with van der Waals surface area (Å²) in [5.41, 5.74) is 1.37. The minimum atomic E-state index is -0.671. The van der Waals surface area contributed by atoms with Crippen LogP contribution in [-0.2, 0) is 4.79 Å². The zero-order valence-corrected chi connectivity index (χ0v) is 15.3. The monoisotopic (exact) mass is 363 g/mol. The van der Waals surface area contributed by atoms with Crippen molar-refractivity contribution in [1.82, 2.24) is 15.5 Å². The molecule has 0 saturated carbocycles. The van der Waals surface area contributed by atoms with Crippen molar-refractivity contribution in [2.75, 3.05) is 13.1 Å². The molecule has 2 heterocycles. The van der Waals surface area contributed by atoms with Crippen LogP contribution in [0.15, 0.2) is 60.7 Å². The molecular weight excluding hydrogens is 338 g/mol. The van der Waals surface area contributed by atoms with Crippen molar-refractivity contribution >= 4 is 11.8 Å². The maximum Gasteiger partial charge on any atom is 0.252 e. The Morgan fingerprint density at radius 3 is 2.33 bits per heavy atom. The van der Waals surface area contributed by atoms with Crippen LogP contribution >= 0.6 is 0 Å². The summed E-state index contributed by atoms with van der Waals surface area (Å²) in [4.78, 5) is 28.0. The van der Waals surface area contributed by atoms with Crippen LogP contribution in [0, 0.1) is 0 Å². The second-order valence-corrected chi connectivity index (χ2v) is 7.39. The van der Waals surface area contributed by atoms with Gasteiger partial charge in [0.15, 0.2) is 0 Å².